The fourth-order valence-corrected chi connectivity index (χ4v) is 1.48. The number of nitrogens with one attached hydrogen (secondary N) is 1. The fraction of sp³-hybridized carbons (Fsp3) is 0. The summed E-state index contributed by atoms with van der Waals surface area (Å²) in [6.07, 6.45) is 3.08. The smallest absolute Gasteiger partial charge is 0.251 e. The van der Waals surface area contributed by atoms with E-state index in [-0.39, 0.29) is 5.02 Å². The van der Waals surface area contributed by atoms with E-state index in [1.54, 1.807) is 12.3 Å². The number of nitrogens with two attached hydrogens (primary N) is 1. The predicted octanol–water partition coefficient (Wildman–Crippen LogP) is 1.32. The first-order valence-electron chi connectivity index (χ1n) is 3.61. The SMILES string of the molecule is NC(=O)c1c(Cl)cnc2[nH]ccc12. The van der Waals surface area contributed by atoms with Crippen molar-refractivity contribution in [1.29, 1.82) is 0 Å². The highest BCUT2D eigenvalue weighted by molar-refractivity contribution is 6.35. The number of rotatable bonds is 1. The molecule has 4 nitrogen and oxygen atoms in total. The number of primary amides is 1. The Bertz CT molecular complexity index is 477. The van der Waals surface area contributed by atoms with E-state index < -0.39 is 5.91 Å². The van der Waals surface area contributed by atoms with Crippen LogP contribution in [0.1, 0.15) is 10.4 Å². The van der Waals surface area contributed by atoms with Gasteiger partial charge in [-0.2, -0.15) is 0 Å². The van der Waals surface area contributed by atoms with Crippen molar-refractivity contribution < 1.29 is 4.79 Å². The van der Waals surface area contributed by atoms with Crippen LogP contribution in [0.4, 0.5) is 0 Å². The molecule has 13 heavy (non-hydrogen) atoms. The van der Waals surface area contributed by atoms with Crippen LogP contribution in [0.2, 0.25) is 5.02 Å². The lowest BCUT2D eigenvalue weighted by Crippen LogP contribution is -2.12. The summed E-state index contributed by atoms with van der Waals surface area (Å²) in [5, 5.41) is 0.930. The van der Waals surface area contributed by atoms with Crippen LogP contribution in [0.25, 0.3) is 11.0 Å². The molecular weight excluding hydrogens is 190 g/mol. The van der Waals surface area contributed by atoms with Crippen LogP contribution in [-0.4, -0.2) is 15.9 Å². The van der Waals surface area contributed by atoms with E-state index in [0.29, 0.717) is 16.6 Å². The second kappa shape index (κ2) is 2.74. The van der Waals surface area contributed by atoms with Crippen LogP contribution in [0.3, 0.4) is 0 Å². The molecule has 0 aromatic carbocycles. The molecule has 0 radical (unpaired) electrons. The molecule has 5 heteroatoms. The monoisotopic (exact) mass is 195 g/mol. The van der Waals surface area contributed by atoms with Gasteiger partial charge in [0, 0.05) is 17.8 Å². The lowest BCUT2D eigenvalue weighted by Gasteiger charge is -1.99. The zero-order chi connectivity index (χ0) is 9.42. The van der Waals surface area contributed by atoms with E-state index in [0.717, 1.165) is 0 Å². The average Bonchev–Trinajstić information content (AvgIpc) is 2.50. The maximum absolute atomic E-state index is 11.0. The Morgan fingerprint density at radius 2 is 2.38 bits per heavy atom. The Labute approximate surface area is 78.7 Å². The van der Waals surface area contributed by atoms with Crippen molar-refractivity contribution in [2.45, 2.75) is 0 Å². The highest BCUT2D eigenvalue weighted by atomic mass is 35.5. The molecule has 0 saturated carbocycles. The van der Waals surface area contributed by atoms with Crippen molar-refractivity contribution in [2.75, 3.05) is 0 Å². The Kier molecular flexibility index (Phi) is 1.70. The first-order chi connectivity index (χ1) is 6.20. The van der Waals surface area contributed by atoms with Crippen molar-refractivity contribution in [3.8, 4) is 0 Å². The molecule has 0 aliphatic carbocycles. The zero-order valence-electron chi connectivity index (χ0n) is 6.54. The fourth-order valence-electron chi connectivity index (χ4n) is 1.23. The first-order valence-corrected chi connectivity index (χ1v) is 3.99. The summed E-state index contributed by atoms with van der Waals surface area (Å²) in [5.74, 6) is -0.544. The molecule has 2 heterocycles. The third-order valence-electron chi connectivity index (χ3n) is 1.79. The normalized spacial score (nSPS) is 10.5. The van der Waals surface area contributed by atoms with Gasteiger partial charge in [-0.25, -0.2) is 4.98 Å². The number of H-pyrrole nitrogens is 1. The summed E-state index contributed by atoms with van der Waals surface area (Å²) in [6, 6.07) is 1.72. The molecule has 2 aromatic rings. The molecule has 1 amide bonds. The van der Waals surface area contributed by atoms with Gasteiger partial charge >= 0.3 is 0 Å². The topological polar surface area (TPSA) is 71.8 Å². The summed E-state index contributed by atoms with van der Waals surface area (Å²) >= 11 is 5.78. The maximum atomic E-state index is 11.0. The molecule has 0 aliphatic rings. The quantitative estimate of drug-likeness (QED) is 0.720. The zero-order valence-corrected chi connectivity index (χ0v) is 7.30. The number of carbonyl (C=O) groups excluding carboxylic acids is 1. The van der Waals surface area contributed by atoms with Crippen LogP contribution in [0.5, 0.6) is 0 Å². The molecule has 0 aliphatic heterocycles. The van der Waals surface area contributed by atoms with Gasteiger partial charge in [0.05, 0.1) is 10.6 Å². The summed E-state index contributed by atoms with van der Waals surface area (Å²) < 4.78 is 0. The molecule has 3 N–H and O–H groups in total. The van der Waals surface area contributed by atoms with E-state index >= 15 is 0 Å². The molecule has 0 unspecified atom stereocenters. The third-order valence-corrected chi connectivity index (χ3v) is 2.07. The van der Waals surface area contributed by atoms with Crippen LogP contribution < -0.4 is 5.73 Å². The minimum atomic E-state index is -0.544. The summed E-state index contributed by atoms with van der Waals surface area (Å²) in [7, 11) is 0. The van der Waals surface area contributed by atoms with Crippen molar-refractivity contribution in [1.82, 2.24) is 9.97 Å². The van der Waals surface area contributed by atoms with Gasteiger partial charge in [0.1, 0.15) is 5.65 Å². The number of fused-ring (bicyclic) bond motifs is 1. The van der Waals surface area contributed by atoms with Crippen molar-refractivity contribution >= 4 is 28.5 Å². The number of aromatic amines is 1. The van der Waals surface area contributed by atoms with E-state index in [1.807, 2.05) is 0 Å². The van der Waals surface area contributed by atoms with Crippen molar-refractivity contribution in [3.05, 3.63) is 29.0 Å². The number of hydrogen-bond donors (Lipinski definition) is 2. The number of hydrogen-bond acceptors (Lipinski definition) is 2. The van der Waals surface area contributed by atoms with Gasteiger partial charge in [-0.1, -0.05) is 11.6 Å². The summed E-state index contributed by atoms with van der Waals surface area (Å²) in [5.41, 5.74) is 6.10. The van der Waals surface area contributed by atoms with Crippen molar-refractivity contribution in [3.63, 3.8) is 0 Å². The Morgan fingerprint density at radius 1 is 1.62 bits per heavy atom. The number of nitrogens with zero attached hydrogens (tertiary/aromatic N) is 1. The Morgan fingerprint density at radius 3 is 3.08 bits per heavy atom. The molecule has 2 aromatic heterocycles. The lowest BCUT2D eigenvalue weighted by molar-refractivity contribution is 0.100. The van der Waals surface area contributed by atoms with Crippen LogP contribution in [0, 0.1) is 0 Å². The standard InChI is InChI=1S/C8H6ClN3O/c9-5-3-12-8-4(1-2-11-8)6(5)7(10)13/h1-3H,(H2,10,13)(H,11,12). The highest BCUT2D eigenvalue weighted by Gasteiger charge is 2.12. The van der Waals surface area contributed by atoms with E-state index in [9.17, 15) is 4.79 Å². The maximum Gasteiger partial charge on any atom is 0.251 e. The first kappa shape index (κ1) is 8.07. The van der Waals surface area contributed by atoms with Crippen LogP contribution in [0.15, 0.2) is 18.5 Å². The summed E-state index contributed by atoms with van der Waals surface area (Å²) in [4.78, 5) is 17.9. The Hall–Kier alpha value is -1.55. The lowest BCUT2D eigenvalue weighted by atomic mass is 10.2. The predicted molar refractivity (Wildman–Crippen MR) is 49.6 cm³/mol. The van der Waals surface area contributed by atoms with Gasteiger partial charge in [-0.05, 0) is 6.07 Å². The molecule has 0 spiro atoms. The number of pyridine rings is 1. The second-order valence-electron chi connectivity index (χ2n) is 2.59. The second-order valence-corrected chi connectivity index (χ2v) is 2.99. The van der Waals surface area contributed by atoms with E-state index in [2.05, 4.69) is 9.97 Å². The summed E-state index contributed by atoms with van der Waals surface area (Å²) in [6.45, 7) is 0. The molecule has 66 valence electrons. The molecule has 0 saturated heterocycles. The van der Waals surface area contributed by atoms with Gasteiger partial charge in [0.2, 0.25) is 0 Å². The third kappa shape index (κ3) is 1.15. The number of carbonyl (C=O) groups is 1. The van der Waals surface area contributed by atoms with Gasteiger partial charge < -0.3 is 10.7 Å². The number of halogens is 1. The number of amides is 1. The van der Waals surface area contributed by atoms with Crippen molar-refractivity contribution in [2.24, 2.45) is 5.73 Å². The average molecular weight is 196 g/mol. The Balaban J connectivity index is 2.88. The largest absolute Gasteiger partial charge is 0.366 e. The molecular formula is C8H6ClN3O. The number of aromatic nitrogens is 2. The van der Waals surface area contributed by atoms with Gasteiger partial charge in [0.15, 0.2) is 0 Å². The molecule has 0 fully saturated rings. The van der Waals surface area contributed by atoms with Crippen LogP contribution >= 0.6 is 11.6 Å². The minimum Gasteiger partial charge on any atom is -0.366 e. The van der Waals surface area contributed by atoms with Crippen LogP contribution in [-0.2, 0) is 0 Å². The van der Waals surface area contributed by atoms with E-state index in [4.69, 9.17) is 17.3 Å². The molecule has 0 bridgehead atoms. The van der Waals surface area contributed by atoms with Gasteiger partial charge in [0.25, 0.3) is 5.91 Å². The molecule has 0 atom stereocenters. The van der Waals surface area contributed by atoms with Gasteiger partial charge in [-0.15, -0.1) is 0 Å². The van der Waals surface area contributed by atoms with Gasteiger partial charge in [-0.3, -0.25) is 4.79 Å². The van der Waals surface area contributed by atoms with E-state index in [1.165, 1.54) is 6.20 Å². The molecule has 2 rings (SSSR count). The minimum absolute atomic E-state index is 0.277. The highest BCUT2D eigenvalue weighted by Crippen LogP contribution is 2.22.